The van der Waals surface area contributed by atoms with Gasteiger partial charge in [0.1, 0.15) is 5.01 Å². The van der Waals surface area contributed by atoms with Crippen LogP contribution in [-0.2, 0) is 11.2 Å². The Labute approximate surface area is 159 Å². The molecule has 1 amide bonds. The van der Waals surface area contributed by atoms with Crippen LogP contribution in [0.5, 0.6) is 0 Å². The van der Waals surface area contributed by atoms with E-state index in [1.165, 1.54) is 23.1 Å². The number of carbonyl (C=O) groups excluding carboxylic acids is 1. The molecule has 1 N–H and O–H groups in total. The van der Waals surface area contributed by atoms with E-state index in [4.69, 9.17) is 0 Å². The lowest BCUT2D eigenvalue weighted by molar-refractivity contribution is -0.119. The number of hydrogen-bond donors (Lipinski definition) is 1. The Kier molecular flexibility index (Phi) is 4.98. The van der Waals surface area contributed by atoms with Crippen LogP contribution < -0.4 is 5.32 Å². The number of nitrogens with zero attached hydrogens (tertiary/aromatic N) is 5. The maximum atomic E-state index is 12.4. The summed E-state index contributed by atoms with van der Waals surface area (Å²) in [5.41, 5.74) is 2.22. The molecule has 1 atom stereocenters. The van der Waals surface area contributed by atoms with Crippen molar-refractivity contribution in [3.05, 3.63) is 46.9 Å². The van der Waals surface area contributed by atoms with Gasteiger partial charge >= 0.3 is 0 Å². The van der Waals surface area contributed by atoms with Crippen LogP contribution >= 0.6 is 23.1 Å². The number of carbonyl (C=O) groups is 1. The number of amides is 1. The van der Waals surface area contributed by atoms with Crippen LogP contribution in [0.4, 0.5) is 0 Å². The normalized spacial score (nSPS) is 16.3. The van der Waals surface area contributed by atoms with Gasteiger partial charge in [-0.25, -0.2) is 9.67 Å². The average Bonchev–Trinajstić information content (AvgIpc) is 3.27. The van der Waals surface area contributed by atoms with E-state index >= 15 is 0 Å². The monoisotopic (exact) mass is 386 g/mol. The zero-order valence-electron chi connectivity index (χ0n) is 14.3. The van der Waals surface area contributed by atoms with Crippen molar-refractivity contribution >= 4 is 29.0 Å². The number of aromatic nitrogens is 5. The van der Waals surface area contributed by atoms with Gasteiger partial charge in [-0.15, -0.1) is 10.2 Å². The Balaban J connectivity index is 1.45. The number of thioether (sulfide) groups is 1. The molecule has 1 aliphatic carbocycles. The molecule has 3 aromatic rings. The van der Waals surface area contributed by atoms with Crippen LogP contribution in [0.15, 0.2) is 34.9 Å². The van der Waals surface area contributed by atoms with Crippen molar-refractivity contribution < 1.29 is 4.79 Å². The number of hydrogen-bond acceptors (Lipinski definition) is 7. The Morgan fingerprint density at radius 2 is 2.35 bits per heavy atom. The molecule has 0 aliphatic heterocycles. The highest BCUT2D eigenvalue weighted by Crippen LogP contribution is 2.31. The van der Waals surface area contributed by atoms with Crippen molar-refractivity contribution in [1.82, 2.24) is 30.3 Å². The standard InChI is InChI=1S/C17H18N6OS2/c1-11-21-22-17(26-11)25-10-16(24)20-13-5-4-6-14-12(13)9-19-23(14)15-7-2-3-8-18-15/h2-3,7-9,13H,4-6,10H2,1H3,(H,20,24)/t13-/m1/s1. The van der Waals surface area contributed by atoms with Gasteiger partial charge in [-0.1, -0.05) is 29.2 Å². The summed E-state index contributed by atoms with van der Waals surface area (Å²) >= 11 is 2.93. The summed E-state index contributed by atoms with van der Waals surface area (Å²) in [7, 11) is 0. The molecule has 0 bridgehead atoms. The predicted octanol–water partition coefficient (Wildman–Crippen LogP) is 2.71. The summed E-state index contributed by atoms with van der Waals surface area (Å²) in [6, 6.07) is 5.78. The zero-order chi connectivity index (χ0) is 17.9. The minimum absolute atomic E-state index is 0.000434. The smallest absolute Gasteiger partial charge is 0.230 e. The SMILES string of the molecule is Cc1nnc(SCC(=O)N[C@@H]2CCCc3c2cnn3-c2ccccn2)s1. The van der Waals surface area contributed by atoms with Crippen LogP contribution in [0.1, 0.15) is 35.1 Å². The van der Waals surface area contributed by atoms with E-state index in [1.807, 2.05) is 36.0 Å². The van der Waals surface area contributed by atoms with Crippen molar-refractivity contribution in [2.45, 2.75) is 36.6 Å². The summed E-state index contributed by atoms with van der Waals surface area (Å²) in [6.45, 7) is 1.91. The topological polar surface area (TPSA) is 85.6 Å². The second-order valence-electron chi connectivity index (χ2n) is 6.03. The molecule has 0 unspecified atom stereocenters. The Morgan fingerprint density at radius 3 is 3.12 bits per heavy atom. The fourth-order valence-electron chi connectivity index (χ4n) is 3.08. The lowest BCUT2D eigenvalue weighted by atomic mass is 9.93. The molecule has 1 aliphatic rings. The van der Waals surface area contributed by atoms with E-state index in [0.717, 1.165) is 45.7 Å². The second-order valence-corrected chi connectivity index (χ2v) is 8.44. The van der Waals surface area contributed by atoms with Crippen LogP contribution in [-0.4, -0.2) is 36.6 Å². The largest absolute Gasteiger partial charge is 0.348 e. The van der Waals surface area contributed by atoms with Crippen LogP contribution in [0.25, 0.3) is 5.82 Å². The van der Waals surface area contributed by atoms with Gasteiger partial charge in [0.05, 0.1) is 23.7 Å². The number of rotatable bonds is 5. The summed E-state index contributed by atoms with van der Waals surface area (Å²) in [6.07, 6.45) is 6.50. The Bertz CT molecular complexity index is 907. The molecule has 3 aromatic heterocycles. The molecular formula is C17H18N6OS2. The molecule has 4 rings (SSSR count). The van der Waals surface area contributed by atoms with Crippen molar-refractivity contribution in [2.24, 2.45) is 0 Å². The van der Waals surface area contributed by atoms with Crippen molar-refractivity contribution in [2.75, 3.05) is 5.75 Å². The minimum atomic E-state index is 0.000434. The van der Waals surface area contributed by atoms with Gasteiger partial charge in [-0.2, -0.15) is 5.10 Å². The Morgan fingerprint density at radius 1 is 1.42 bits per heavy atom. The van der Waals surface area contributed by atoms with Gasteiger partial charge in [0.25, 0.3) is 0 Å². The first kappa shape index (κ1) is 17.2. The van der Waals surface area contributed by atoms with Crippen molar-refractivity contribution in [3.8, 4) is 5.82 Å². The van der Waals surface area contributed by atoms with E-state index < -0.39 is 0 Å². The molecule has 0 aromatic carbocycles. The fraction of sp³-hybridized carbons (Fsp3) is 0.353. The maximum Gasteiger partial charge on any atom is 0.230 e. The molecule has 0 fully saturated rings. The number of pyridine rings is 1. The zero-order valence-corrected chi connectivity index (χ0v) is 15.9. The summed E-state index contributed by atoms with van der Waals surface area (Å²) < 4.78 is 2.71. The molecule has 0 radical (unpaired) electrons. The lowest BCUT2D eigenvalue weighted by Gasteiger charge is -2.24. The lowest BCUT2D eigenvalue weighted by Crippen LogP contribution is -2.32. The highest BCUT2D eigenvalue weighted by Gasteiger charge is 2.26. The number of nitrogens with one attached hydrogen (secondary N) is 1. The first-order valence-corrected chi connectivity index (χ1v) is 10.2. The number of aryl methyl sites for hydroxylation is 1. The third kappa shape index (κ3) is 3.63. The number of fused-ring (bicyclic) bond motifs is 1. The summed E-state index contributed by atoms with van der Waals surface area (Å²) in [5, 5.41) is 16.6. The van der Waals surface area contributed by atoms with Crippen LogP contribution in [0, 0.1) is 6.92 Å². The fourth-order valence-corrected chi connectivity index (χ4v) is 4.71. The highest BCUT2D eigenvalue weighted by atomic mass is 32.2. The van der Waals surface area contributed by atoms with Gasteiger partial charge in [-0.3, -0.25) is 4.79 Å². The molecule has 134 valence electrons. The van der Waals surface area contributed by atoms with Crippen molar-refractivity contribution in [3.63, 3.8) is 0 Å². The quantitative estimate of drug-likeness (QED) is 0.679. The first-order valence-electron chi connectivity index (χ1n) is 8.41. The summed E-state index contributed by atoms with van der Waals surface area (Å²) in [5.74, 6) is 1.16. The van der Waals surface area contributed by atoms with E-state index in [0.29, 0.717) is 5.75 Å². The molecule has 0 spiro atoms. The van der Waals surface area contributed by atoms with Gasteiger partial charge < -0.3 is 5.32 Å². The molecule has 9 heteroatoms. The third-order valence-corrected chi connectivity index (χ3v) is 6.19. The maximum absolute atomic E-state index is 12.4. The van der Waals surface area contributed by atoms with E-state index in [2.05, 4.69) is 25.6 Å². The first-order chi connectivity index (χ1) is 12.7. The van der Waals surface area contributed by atoms with Gasteiger partial charge in [-0.05, 0) is 38.3 Å². The van der Waals surface area contributed by atoms with Gasteiger partial charge in [0.15, 0.2) is 10.2 Å². The highest BCUT2D eigenvalue weighted by molar-refractivity contribution is 8.01. The van der Waals surface area contributed by atoms with E-state index in [9.17, 15) is 4.79 Å². The van der Waals surface area contributed by atoms with E-state index in [1.54, 1.807) is 6.20 Å². The average molecular weight is 387 g/mol. The van der Waals surface area contributed by atoms with Crippen LogP contribution in [0.2, 0.25) is 0 Å². The summed E-state index contributed by atoms with van der Waals surface area (Å²) in [4.78, 5) is 16.7. The molecular weight excluding hydrogens is 368 g/mol. The molecule has 26 heavy (non-hydrogen) atoms. The van der Waals surface area contributed by atoms with Crippen molar-refractivity contribution in [1.29, 1.82) is 0 Å². The predicted molar refractivity (Wildman–Crippen MR) is 101 cm³/mol. The minimum Gasteiger partial charge on any atom is -0.348 e. The van der Waals surface area contributed by atoms with Gasteiger partial charge in [0, 0.05) is 11.8 Å². The molecule has 0 saturated carbocycles. The Hall–Kier alpha value is -2.26. The molecule has 0 saturated heterocycles. The second kappa shape index (κ2) is 7.55. The third-order valence-electron chi connectivity index (χ3n) is 4.22. The molecule has 3 heterocycles. The van der Waals surface area contributed by atoms with E-state index in [-0.39, 0.29) is 11.9 Å². The van der Waals surface area contributed by atoms with Gasteiger partial charge in [0.2, 0.25) is 5.91 Å². The van der Waals surface area contributed by atoms with Crippen LogP contribution in [0.3, 0.4) is 0 Å². The molecule has 7 nitrogen and oxygen atoms in total.